The van der Waals surface area contributed by atoms with Gasteiger partial charge in [0.05, 0.1) is 6.54 Å². The largest absolute Gasteiger partial charge is 0.477 e. The summed E-state index contributed by atoms with van der Waals surface area (Å²) >= 11 is 0. The molecule has 82 valence electrons. The van der Waals surface area contributed by atoms with E-state index >= 15 is 0 Å². The molecule has 0 N–H and O–H groups in total. The minimum Gasteiger partial charge on any atom is -0.477 e. The van der Waals surface area contributed by atoms with Crippen LogP contribution in [0.4, 0.5) is 13.2 Å². The lowest BCUT2D eigenvalue weighted by Crippen LogP contribution is -2.22. The summed E-state index contributed by atoms with van der Waals surface area (Å²) in [7, 11) is 0. The molecule has 0 amide bonds. The highest BCUT2D eigenvalue weighted by Crippen LogP contribution is 2.34. The Balaban J connectivity index is 2.77. The average molecular weight is 219 g/mol. The molecule has 0 bridgehead atoms. The minimum atomic E-state index is -4.52. The number of hydrogen-bond donors (Lipinski definition) is 0. The van der Waals surface area contributed by atoms with Gasteiger partial charge < -0.3 is 9.30 Å². The lowest BCUT2D eigenvalue weighted by atomic mass is 10.2. The molecular weight excluding hydrogens is 211 g/mol. The van der Waals surface area contributed by atoms with Crippen LogP contribution in [-0.2, 0) is 12.7 Å². The van der Waals surface area contributed by atoms with Gasteiger partial charge in [-0.15, -0.1) is 0 Å². The third-order valence-corrected chi connectivity index (χ3v) is 2.35. The highest BCUT2D eigenvalue weighted by Gasteiger charge is 2.38. The summed E-state index contributed by atoms with van der Waals surface area (Å²) in [6.45, 7) is 1.48. The quantitative estimate of drug-likeness (QED) is 0.663. The molecule has 6 heteroatoms. The van der Waals surface area contributed by atoms with Gasteiger partial charge in [0.1, 0.15) is 12.3 Å². The summed E-state index contributed by atoms with van der Waals surface area (Å²) in [4.78, 5) is 11.3. The summed E-state index contributed by atoms with van der Waals surface area (Å²) in [6.07, 6.45) is -4.52. The van der Waals surface area contributed by atoms with Crippen LogP contribution in [0.1, 0.15) is 11.3 Å². The van der Waals surface area contributed by atoms with Crippen molar-refractivity contribution in [2.75, 3.05) is 6.61 Å². The topological polar surface area (TPSA) is 31.2 Å². The Kier molecular flexibility index (Phi) is 2.02. The van der Waals surface area contributed by atoms with Crippen LogP contribution >= 0.6 is 0 Å². The van der Waals surface area contributed by atoms with Gasteiger partial charge in [-0.3, -0.25) is 4.79 Å². The summed E-state index contributed by atoms with van der Waals surface area (Å²) in [5.41, 5.74) is -1.82. The van der Waals surface area contributed by atoms with Gasteiger partial charge in [-0.25, -0.2) is 0 Å². The molecule has 3 nitrogen and oxygen atoms in total. The van der Waals surface area contributed by atoms with Crippen LogP contribution in [0.5, 0.6) is 5.88 Å². The number of pyridine rings is 1. The molecule has 15 heavy (non-hydrogen) atoms. The van der Waals surface area contributed by atoms with Crippen LogP contribution in [0.15, 0.2) is 10.9 Å². The van der Waals surface area contributed by atoms with Gasteiger partial charge in [0.25, 0.3) is 0 Å². The number of hydrogen-bond acceptors (Lipinski definition) is 2. The van der Waals surface area contributed by atoms with Gasteiger partial charge in [-0.05, 0) is 6.92 Å². The Bertz CT molecular complexity index is 462. The molecule has 2 heterocycles. The fourth-order valence-electron chi connectivity index (χ4n) is 1.68. The second-order valence-electron chi connectivity index (χ2n) is 3.32. The van der Waals surface area contributed by atoms with Crippen molar-refractivity contribution < 1.29 is 17.9 Å². The molecule has 1 aliphatic rings. The number of aromatic nitrogens is 1. The maximum Gasteiger partial charge on any atom is 0.431 e. The minimum absolute atomic E-state index is 0.00192. The van der Waals surface area contributed by atoms with Gasteiger partial charge in [-0.1, -0.05) is 0 Å². The molecule has 1 aromatic heterocycles. The summed E-state index contributed by atoms with van der Waals surface area (Å²) in [5, 5.41) is 0. The fraction of sp³-hybridized carbons (Fsp3) is 0.444. The van der Waals surface area contributed by atoms with E-state index in [9.17, 15) is 18.0 Å². The molecule has 0 fully saturated rings. The van der Waals surface area contributed by atoms with E-state index in [2.05, 4.69) is 0 Å². The first-order valence-electron chi connectivity index (χ1n) is 4.35. The first-order chi connectivity index (χ1) is 6.91. The van der Waals surface area contributed by atoms with Crippen LogP contribution in [0.25, 0.3) is 0 Å². The third kappa shape index (κ3) is 1.49. The van der Waals surface area contributed by atoms with E-state index in [1.807, 2.05) is 0 Å². The second-order valence-corrected chi connectivity index (χ2v) is 3.32. The van der Waals surface area contributed by atoms with Crippen molar-refractivity contribution in [3.05, 3.63) is 27.5 Å². The lowest BCUT2D eigenvalue weighted by molar-refractivity contribution is -0.144. The van der Waals surface area contributed by atoms with E-state index in [0.29, 0.717) is 0 Å². The van der Waals surface area contributed by atoms with Crippen molar-refractivity contribution in [1.29, 1.82) is 0 Å². The standard InChI is InChI=1S/C9H8F3NO2/c1-5-6(14)4-7-13(2-3-15-7)8(5)9(10,11)12/h4H,2-3H2,1H3. The maximum absolute atomic E-state index is 12.7. The third-order valence-electron chi connectivity index (χ3n) is 2.35. The zero-order valence-corrected chi connectivity index (χ0v) is 7.89. The fourth-order valence-corrected chi connectivity index (χ4v) is 1.68. The van der Waals surface area contributed by atoms with E-state index in [1.54, 1.807) is 0 Å². The molecule has 0 spiro atoms. The molecule has 0 saturated heterocycles. The predicted molar refractivity (Wildman–Crippen MR) is 45.9 cm³/mol. The van der Waals surface area contributed by atoms with Crippen molar-refractivity contribution in [3.8, 4) is 5.88 Å². The Morgan fingerprint density at radius 2 is 2.13 bits per heavy atom. The van der Waals surface area contributed by atoms with Gasteiger partial charge in [0.15, 0.2) is 11.3 Å². The molecule has 0 atom stereocenters. The lowest BCUT2D eigenvalue weighted by Gasteiger charge is -2.15. The molecule has 0 saturated carbocycles. The highest BCUT2D eigenvalue weighted by atomic mass is 19.4. The summed E-state index contributed by atoms with van der Waals surface area (Å²) < 4.78 is 43.9. The smallest absolute Gasteiger partial charge is 0.431 e. The molecular formula is C9H8F3NO2. The van der Waals surface area contributed by atoms with Crippen LogP contribution < -0.4 is 10.2 Å². The maximum atomic E-state index is 12.7. The van der Waals surface area contributed by atoms with Crippen LogP contribution in [0.3, 0.4) is 0 Å². The van der Waals surface area contributed by atoms with Crippen LogP contribution in [0.2, 0.25) is 0 Å². The number of halogens is 3. The van der Waals surface area contributed by atoms with Crippen molar-refractivity contribution >= 4 is 0 Å². The first-order valence-corrected chi connectivity index (χ1v) is 4.35. The SMILES string of the molecule is Cc1c(C(F)(F)F)n2c(cc1=O)OCC2. The van der Waals surface area contributed by atoms with E-state index in [0.717, 1.165) is 10.6 Å². The molecule has 1 aliphatic heterocycles. The summed E-state index contributed by atoms with van der Waals surface area (Å²) in [6, 6.07) is 1.09. The van der Waals surface area contributed by atoms with E-state index in [4.69, 9.17) is 4.74 Å². The van der Waals surface area contributed by atoms with Gasteiger partial charge >= 0.3 is 6.18 Å². The van der Waals surface area contributed by atoms with Gasteiger partial charge in [0, 0.05) is 11.6 Å². The average Bonchev–Trinajstić information content (AvgIpc) is 2.50. The zero-order valence-electron chi connectivity index (χ0n) is 7.89. The van der Waals surface area contributed by atoms with Crippen LogP contribution in [0, 0.1) is 6.92 Å². The first kappa shape index (κ1) is 10.1. The van der Waals surface area contributed by atoms with Crippen molar-refractivity contribution in [1.82, 2.24) is 4.57 Å². The molecule has 0 aliphatic carbocycles. The van der Waals surface area contributed by atoms with Crippen molar-refractivity contribution in [2.45, 2.75) is 19.6 Å². The van der Waals surface area contributed by atoms with E-state index in [1.165, 1.54) is 6.92 Å². The monoisotopic (exact) mass is 219 g/mol. The second kappa shape index (κ2) is 3.01. The van der Waals surface area contributed by atoms with E-state index in [-0.39, 0.29) is 24.6 Å². The van der Waals surface area contributed by atoms with Crippen molar-refractivity contribution in [2.24, 2.45) is 0 Å². The summed E-state index contributed by atoms with van der Waals surface area (Å²) in [5.74, 6) is -0.00192. The molecule has 0 unspecified atom stereocenters. The number of rotatable bonds is 0. The van der Waals surface area contributed by atoms with E-state index < -0.39 is 17.3 Å². The number of ether oxygens (including phenoxy) is 1. The Hall–Kier alpha value is -1.46. The Morgan fingerprint density at radius 1 is 1.47 bits per heavy atom. The zero-order chi connectivity index (χ0) is 11.2. The molecule has 0 aromatic carbocycles. The van der Waals surface area contributed by atoms with Crippen LogP contribution in [-0.4, -0.2) is 11.2 Å². The number of fused-ring (bicyclic) bond motifs is 1. The Morgan fingerprint density at radius 3 is 2.73 bits per heavy atom. The molecule has 1 aromatic rings. The Labute approximate surface area is 83.1 Å². The van der Waals surface area contributed by atoms with Crippen molar-refractivity contribution in [3.63, 3.8) is 0 Å². The number of alkyl halides is 3. The predicted octanol–water partition coefficient (Wildman–Crippen LogP) is 1.57. The molecule has 0 radical (unpaired) electrons. The van der Waals surface area contributed by atoms with Gasteiger partial charge in [0.2, 0.25) is 0 Å². The molecule has 2 rings (SSSR count). The highest BCUT2D eigenvalue weighted by molar-refractivity contribution is 5.30. The number of nitrogens with zero attached hydrogens (tertiary/aromatic N) is 1. The van der Waals surface area contributed by atoms with Gasteiger partial charge in [-0.2, -0.15) is 13.2 Å². The normalized spacial score (nSPS) is 14.9.